The minimum atomic E-state index is -1.24. The van der Waals surface area contributed by atoms with Crippen LogP contribution in [-0.4, -0.2) is 31.4 Å². The molecule has 7 nitrogen and oxygen atoms in total. The quantitative estimate of drug-likeness (QED) is 0.672. The Morgan fingerprint density at radius 3 is 2.38 bits per heavy atom. The van der Waals surface area contributed by atoms with E-state index >= 15 is 0 Å². The molecule has 29 heavy (non-hydrogen) atoms. The Balaban J connectivity index is 2.34. The predicted octanol–water partition coefficient (Wildman–Crippen LogP) is 3.95. The molecule has 3 rings (SSSR count). The molecule has 1 heterocycles. The molecule has 1 N–H and O–H groups in total. The molecular weight excluding hydrogens is 376 g/mol. The highest BCUT2D eigenvalue weighted by Gasteiger charge is 2.24. The first kappa shape index (κ1) is 20.3. The van der Waals surface area contributed by atoms with E-state index in [0.717, 1.165) is 11.1 Å². The van der Waals surface area contributed by atoms with E-state index in [0.29, 0.717) is 28.0 Å². The van der Waals surface area contributed by atoms with Gasteiger partial charge in [-0.2, -0.15) is 0 Å². The number of benzene rings is 2. The van der Waals surface area contributed by atoms with E-state index < -0.39 is 17.5 Å². The number of aliphatic carboxylic acids is 1. The summed E-state index contributed by atoms with van der Waals surface area (Å²) in [7, 11) is 3.01. The van der Waals surface area contributed by atoms with Crippen LogP contribution in [0.25, 0.3) is 22.3 Å². The topological polar surface area (TPSA) is 95.2 Å². The molecule has 0 aliphatic heterocycles. The molecule has 0 saturated carbocycles. The molecule has 7 heteroatoms. The van der Waals surface area contributed by atoms with Crippen LogP contribution in [-0.2, 0) is 4.79 Å². The molecule has 0 saturated heterocycles. The Labute approximate surface area is 167 Å². The van der Waals surface area contributed by atoms with Crippen molar-refractivity contribution < 1.29 is 28.5 Å². The van der Waals surface area contributed by atoms with E-state index in [1.54, 1.807) is 24.3 Å². The second-order valence-corrected chi connectivity index (χ2v) is 6.72. The highest BCUT2D eigenvalue weighted by Crippen LogP contribution is 2.37. The van der Waals surface area contributed by atoms with Gasteiger partial charge in [-0.25, -0.2) is 4.79 Å². The van der Waals surface area contributed by atoms with Crippen molar-refractivity contribution in [1.29, 1.82) is 0 Å². The summed E-state index contributed by atoms with van der Waals surface area (Å²) < 4.78 is 22.2. The van der Waals surface area contributed by atoms with Crippen molar-refractivity contribution in [3.8, 4) is 28.6 Å². The molecule has 0 aliphatic carbocycles. The van der Waals surface area contributed by atoms with Crippen LogP contribution in [0.5, 0.6) is 17.2 Å². The summed E-state index contributed by atoms with van der Waals surface area (Å²) >= 11 is 0. The minimum absolute atomic E-state index is 0.128. The molecule has 152 valence electrons. The van der Waals surface area contributed by atoms with Crippen molar-refractivity contribution in [3.63, 3.8) is 0 Å². The van der Waals surface area contributed by atoms with Crippen molar-refractivity contribution in [2.45, 2.75) is 26.9 Å². The van der Waals surface area contributed by atoms with Gasteiger partial charge < -0.3 is 23.7 Å². The first-order chi connectivity index (χ1) is 13.8. The van der Waals surface area contributed by atoms with Crippen LogP contribution in [0.2, 0.25) is 0 Å². The van der Waals surface area contributed by atoms with Gasteiger partial charge in [0.15, 0.2) is 23.4 Å². The van der Waals surface area contributed by atoms with Gasteiger partial charge in [0, 0.05) is 5.56 Å². The fraction of sp³-hybridized carbons (Fsp3) is 0.273. The van der Waals surface area contributed by atoms with Gasteiger partial charge in [0.1, 0.15) is 5.58 Å². The SMILES string of the molecule is COc1ccc(-c2oc3c(C)cc(C)cc3c(=O)c2O[C@@H](C)C(=O)O)cc1OC. The van der Waals surface area contributed by atoms with Crippen molar-refractivity contribution in [3.05, 3.63) is 51.7 Å². The summed E-state index contributed by atoms with van der Waals surface area (Å²) in [6, 6.07) is 8.61. The third-order valence-corrected chi connectivity index (χ3v) is 4.57. The molecule has 0 radical (unpaired) electrons. The van der Waals surface area contributed by atoms with E-state index in [4.69, 9.17) is 18.6 Å². The number of methoxy groups -OCH3 is 2. The van der Waals surface area contributed by atoms with Crippen LogP contribution in [0.3, 0.4) is 0 Å². The molecule has 0 spiro atoms. The number of carbonyl (C=O) groups is 1. The number of aryl methyl sites for hydroxylation is 2. The Morgan fingerprint density at radius 1 is 1.07 bits per heavy atom. The van der Waals surface area contributed by atoms with Gasteiger partial charge in [-0.15, -0.1) is 0 Å². The molecule has 0 fully saturated rings. The zero-order valence-electron chi connectivity index (χ0n) is 16.9. The predicted molar refractivity (Wildman–Crippen MR) is 108 cm³/mol. The van der Waals surface area contributed by atoms with Gasteiger partial charge in [-0.3, -0.25) is 4.79 Å². The average molecular weight is 398 g/mol. The molecule has 0 aliphatic rings. The van der Waals surface area contributed by atoms with Crippen LogP contribution < -0.4 is 19.6 Å². The van der Waals surface area contributed by atoms with Crippen molar-refractivity contribution in [2.75, 3.05) is 14.2 Å². The lowest BCUT2D eigenvalue weighted by Gasteiger charge is -2.16. The maximum atomic E-state index is 13.2. The molecule has 0 amide bonds. The number of hydrogen-bond acceptors (Lipinski definition) is 6. The fourth-order valence-corrected chi connectivity index (χ4v) is 3.13. The molecule has 2 aromatic carbocycles. The largest absolute Gasteiger partial charge is 0.493 e. The van der Waals surface area contributed by atoms with Gasteiger partial charge in [0.25, 0.3) is 0 Å². The van der Waals surface area contributed by atoms with E-state index in [-0.39, 0.29) is 11.5 Å². The number of hydrogen-bond donors (Lipinski definition) is 1. The maximum absolute atomic E-state index is 13.2. The zero-order chi connectivity index (χ0) is 21.3. The molecule has 1 atom stereocenters. The number of ether oxygens (including phenoxy) is 3. The maximum Gasteiger partial charge on any atom is 0.344 e. The fourth-order valence-electron chi connectivity index (χ4n) is 3.13. The third-order valence-electron chi connectivity index (χ3n) is 4.57. The monoisotopic (exact) mass is 398 g/mol. The highest BCUT2D eigenvalue weighted by molar-refractivity contribution is 5.85. The average Bonchev–Trinajstić information content (AvgIpc) is 2.69. The van der Waals surface area contributed by atoms with Crippen LogP contribution in [0, 0.1) is 13.8 Å². The summed E-state index contributed by atoms with van der Waals surface area (Å²) in [4.78, 5) is 24.6. The highest BCUT2D eigenvalue weighted by atomic mass is 16.5. The lowest BCUT2D eigenvalue weighted by Crippen LogP contribution is -2.26. The summed E-state index contributed by atoms with van der Waals surface area (Å²) in [5, 5.41) is 9.59. The lowest BCUT2D eigenvalue weighted by molar-refractivity contribution is -0.144. The second-order valence-electron chi connectivity index (χ2n) is 6.72. The van der Waals surface area contributed by atoms with Gasteiger partial charge in [0.2, 0.25) is 11.2 Å². The van der Waals surface area contributed by atoms with Crippen LogP contribution in [0.1, 0.15) is 18.1 Å². The van der Waals surface area contributed by atoms with E-state index in [2.05, 4.69) is 0 Å². The van der Waals surface area contributed by atoms with Gasteiger partial charge >= 0.3 is 5.97 Å². The van der Waals surface area contributed by atoms with Gasteiger partial charge in [-0.05, 0) is 56.2 Å². The Kier molecular flexibility index (Phi) is 5.50. The summed E-state index contributed by atoms with van der Waals surface area (Å²) in [6.07, 6.45) is -1.24. The normalized spacial score (nSPS) is 11.9. The first-order valence-electron chi connectivity index (χ1n) is 8.96. The van der Waals surface area contributed by atoms with Crippen molar-refractivity contribution >= 4 is 16.9 Å². The summed E-state index contributed by atoms with van der Waals surface area (Å²) in [5.41, 5.74) is 2.15. The first-order valence-corrected chi connectivity index (χ1v) is 8.96. The van der Waals surface area contributed by atoms with Gasteiger partial charge in [-0.1, -0.05) is 6.07 Å². The molecular formula is C22H22O7. The second kappa shape index (κ2) is 7.87. The van der Waals surface area contributed by atoms with Crippen molar-refractivity contribution in [1.82, 2.24) is 0 Å². The van der Waals surface area contributed by atoms with Gasteiger partial charge in [0.05, 0.1) is 19.6 Å². The lowest BCUT2D eigenvalue weighted by atomic mass is 10.0. The van der Waals surface area contributed by atoms with Crippen LogP contribution in [0.4, 0.5) is 0 Å². The standard InChI is InChI=1S/C22H22O7/c1-11-8-12(2)19-15(9-11)18(23)21(28-13(3)22(24)25)20(29-19)14-6-7-16(26-4)17(10-14)27-5/h6-10,13H,1-5H3,(H,24,25)/t13-/m0/s1. The molecule has 0 unspecified atom stereocenters. The third kappa shape index (κ3) is 3.76. The zero-order valence-corrected chi connectivity index (χ0v) is 16.9. The number of fused-ring (bicyclic) bond motifs is 1. The Morgan fingerprint density at radius 2 is 1.76 bits per heavy atom. The number of carboxylic acids is 1. The summed E-state index contributed by atoms with van der Waals surface area (Å²) in [6.45, 7) is 5.07. The van der Waals surface area contributed by atoms with Crippen LogP contribution in [0.15, 0.2) is 39.5 Å². The molecule has 3 aromatic rings. The number of carboxylic acid groups (broad SMARTS) is 1. The Bertz CT molecular complexity index is 1140. The van der Waals surface area contributed by atoms with E-state index in [1.165, 1.54) is 21.1 Å². The smallest absolute Gasteiger partial charge is 0.344 e. The van der Waals surface area contributed by atoms with Crippen molar-refractivity contribution in [2.24, 2.45) is 0 Å². The van der Waals surface area contributed by atoms with Crippen LogP contribution >= 0.6 is 0 Å². The molecule has 1 aromatic heterocycles. The minimum Gasteiger partial charge on any atom is -0.493 e. The van der Waals surface area contributed by atoms with E-state index in [9.17, 15) is 14.7 Å². The Hall–Kier alpha value is -3.48. The summed E-state index contributed by atoms with van der Waals surface area (Å²) in [5.74, 6) is -0.283. The molecule has 0 bridgehead atoms. The van der Waals surface area contributed by atoms with E-state index in [1.807, 2.05) is 19.9 Å². The number of rotatable bonds is 6.